The summed E-state index contributed by atoms with van der Waals surface area (Å²) >= 11 is 0. The normalized spacial score (nSPS) is 10.3. The Kier molecular flexibility index (Phi) is 4.45. The molecule has 0 radical (unpaired) electrons. The zero-order valence-corrected chi connectivity index (χ0v) is 12.6. The molecule has 2 aromatic rings. The van der Waals surface area contributed by atoms with Gasteiger partial charge in [-0.15, -0.1) is 0 Å². The van der Waals surface area contributed by atoms with E-state index in [4.69, 9.17) is 25.4 Å². The van der Waals surface area contributed by atoms with Crippen molar-refractivity contribution >= 4 is 28.5 Å². The van der Waals surface area contributed by atoms with Crippen molar-refractivity contribution in [3.05, 3.63) is 29.5 Å². The Balaban J connectivity index is 2.79. The first-order valence-corrected chi connectivity index (χ1v) is 6.60. The molecule has 1 aromatic carbocycles. The SMILES string of the molecule is CCOC(=N)c1cnc2c(OC)ccc(C(=O)OC)c2c1N. The lowest BCUT2D eigenvalue weighted by atomic mass is 10.0. The highest BCUT2D eigenvalue weighted by molar-refractivity contribution is 6.14. The molecule has 7 nitrogen and oxygen atoms in total. The number of carbonyl (C=O) groups is 1. The Hall–Kier alpha value is -2.83. The summed E-state index contributed by atoms with van der Waals surface area (Å²) in [7, 11) is 2.79. The van der Waals surface area contributed by atoms with Crippen LogP contribution in [0.4, 0.5) is 5.69 Å². The Morgan fingerprint density at radius 2 is 2.05 bits per heavy atom. The lowest BCUT2D eigenvalue weighted by Gasteiger charge is -2.14. The molecular weight excluding hydrogens is 286 g/mol. The van der Waals surface area contributed by atoms with Crippen LogP contribution >= 0.6 is 0 Å². The van der Waals surface area contributed by atoms with Crippen LogP contribution in [0.5, 0.6) is 5.75 Å². The van der Waals surface area contributed by atoms with E-state index in [1.165, 1.54) is 20.4 Å². The van der Waals surface area contributed by atoms with Gasteiger partial charge in [-0.05, 0) is 19.1 Å². The molecule has 0 fully saturated rings. The second-order valence-corrected chi connectivity index (χ2v) is 4.38. The fraction of sp³-hybridized carbons (Fsp3) is 0.267. The van der Waals surface area contributed by atoms with Gasteiger partial charge in [0, 0.05) is 11.6 Å². The fourth-order valence-corrected chi connectivity index (χ4v) is 2.15. The first-order valence-electron chi connectivity index (χ1n) is 6.60. The fourth-order valence-electron chi connectivity index (χ4n) is 2.15. The second kappa shape index (κ2) is 6.30. The Bertz CT molecular complexity index is 743. The lowest BCUT2D eigenvalue weighted by molar-refractivity contribution is 0.0603. The van der Waals surface area contributed by atoms with Gasteiger partial charge in [0.15, 0.2) is 0 Å². The van der Waals surface area contributed by atoms with Crippen LogP contribution in [-0.4, -0.2) is 37.7 Å². The summed E-state index contributed by atoms with van der Waals surface area (Å²) in [5.41, 5.74) is 7.37. The van der Waals surface area contributed by atoms with E-state index in [2.05, 4.69) is 4.98 Å². The number of rotatable bonds is 4. The van der Waals surface area contributed by atoms with Gasteiger partial charge in [0.2, 0.25) is 5.90 Å². The minimum absolute atomic E-state index is 0.104. The molecule has 3 N–H and O–H groups in total. The van der Waals surface area contributed by atoms with Gasteiger partial charge in [-0.25, -0.2) is 4.79 Å². The number of esters is 1. The number of benzene rings is 1. The van der Waals surface area contributed by atoms with Crippen LogP contribution in [0, 0.1) is 5.41 Å². The number of nitrogens with zero attached hydrogens (tertiary/aromatic N) is 1. The van der Waals surface area contributed by atoms with E-state index in [-0.39, 0.29) is 17.1 Å². The molecule has 0 spiro atoms. The van der Waals surface area contributed by atoms with E-state index < -0.39 is 5.97 Å². The number of methoxy groups -OCH3 is 2. The Labute approximate surface area is 127 Å². The summed E-state index contributed by atoms with van der Waals surface area (Å²) in [6, 6.07) is 3.17. The molecule has 7 heteroatoms. The summed E-state index contributed by atoms with van der Waals surface area (Å²) in [5, 5.41) is 8.26. The minimum atomic E-state index is -0.541. The zero-order valence-electron chi connectivity index (χ0n) is 12.6. The summed E-state index contributed by atoms with van der Waals surface area (Å²) in [5.74, 6) is -0.168. The number of pyridine rings is 1. The van der Waals surface area contributed by atoms with Gasteiger partial charge >= 0.3 is 5.97 Å². The lowest BCUT2D eigenvalue weighted by Crippen LogP contribution is -2.11. The molecule has 1 aromatic heterocycles. The largest absolute Gasteiger partial charge is 0.494 e. The molecule has 116 valence electrons. The number of nitrogens with one attached hydrogen (secondary N) is 1. The van der Waals surface area contributed by atoms with E-state index in [0.717, 1.165) is 0 Å². The van der Waals surface area contributed by atoms with Gasteiger partial charge in [-0.3, -0.25) is 10.4 Å². The molecule has 0 amide bonds. The number of fused-ring (bicyclic) bond motifs is 1. The highest BCUT2D eigenvalue weighted by Gasteiger charge is 2.20. The number of hydrogen-bond acceptors (Lipinski definition) is 7. The van der Waals surface area contributed by atoms with Crippen molar-refractivity contribution in [2.24, 2.45) is 0 Å². The predicted molar refractivity (Wildman–Crippen MR) is 82.5 cm³/mol. The van der Waals surface area contributed by atoms with Gasteiger partial charge in [-0.2, -0.15) is 0 Å². The van der Waals surface area contributed by atoms with E-state index >= 15 is 0 Å². The molecule has 1 heterocycles. The first kappa shape index (κ1) is 15.6. The van der Waals surface area contributed by atoms with Crippen molar-refractivity contribution in [2.45, 2.75) is 6.92 Å². The zero-order chi connectivity index (χ0) is 16.3. The molecule has 0 saturated carbocycles. The Morgan fingerprint density at radius 1 is 1.32 bits per heavy atom. The summed E-state index contributed by atoms with van der Waals surface area (Å²) in [6.45, 7) is 2.10. The van der Waals surface area contributed by atoms with E-state index in [9.17, 15) is 4.79 Å². The maximum atomic E-state index is 12.0. The molecule has 0 aliphatic heterocycles. The van der Waals surface area contributed by atoms with Crippen molar-refractivity contribution in [1.29, 1.82) is 5.41 Å². The van der Waals surface area contributed by atoms with Crippen LogP contribution in [0.1, 0.15) is 22.8 Å². The van der Waals surface area contributed by atoms with Crippen molar-refractivity contribution in [3.63, 3.8) is 0 Å². The number of nitrogens with two attached hydrogens (primary N) is 1. The average molecular weight is 303 g/mol. The van der Waals surface area contributed by atoms with Crippen LogP contribution in [-0.2, 0) is 9.47 Å². The topological polar surface area (TPSA) is 108 Å². The van der Waals surface area contributed by atoms with Gasteiger partial charge in [0.25, 0.3) is 0 Å². The maximum Gasteiger partial charge on any atom is 0.338 e. The molecule has 22 heavy (non-hydrogen) atoms. The van der Waals surface area contributed by atoms with E-state index in [0.29, 0.717) is 28.8 Å². The third-order valence-electron chi connectivity index (χ3n) is 3.18. The molecule has 0 atom stereocenters. The van der Waals surface area contributed by atoms with Gasteiger partial charge in [-0.1, -0.05) is 0 Å². The number of hydrogen-bond donors (Lipinski definition) is 2. The average Bonchev–Trinajstić information content (AvgIpc) is 2.53. The highest BCUT2D eigenvalue weighted by atomic mass is 16.5. The highest BCUT2D eigenvalue weighted by Crippen LogP contribution is 2.33. The van der Waals surface area contributed by atoms with Gasteiger partial charge in [0.05, 0.1) is 37.6 Å². The third kappa shape index (κ3) is 2.52. The van der Waals surface area contributed by atoms with Crippen molar-refractivity contribution in [1.82, 2.24) is 4.98 Å². The number of carbonyl (C=O) groups excluding carboxylic acids is 1. The third-order valence-corrected chi connectivity index (χ3v) is 3.18. The molecule has 2 rings (SSSR count). The van der Waals surface area contributed by atoms with Gasteiger partial charge in [0.1, 0.15) is 11.3 Å². The maximum absolute atomic E-state index is 12.0. The first-order chi connectivity index (χ1) is 10.5. The van der Waals surface area contributed by atoms with Crippen LogP contribution in [0.15, 0.2) is 18.3 Å². The number of ether oxygens (including phenoxy) is 3. The number of aromatic nitrogens is 1. The van der Waals surface area contributed by atoms with Crippen molar-refractivity contribution in [2.75, 3.05) is 26.6 Å². The smallest absolute Gasteiger partial charge is 0.338 e. The van der Waals surface area contributed by atoms with E-state index in [1.54, 1.807) is 19.1 Å². The van der Waals surface area contributed by atoms with Crippen molar-refractivity contribution < 1.29 is 19.0 Å². The molecular formula is C15H17N3O4. The predicted octanol–water partition coefficient (Wildman–Crippen LogP) is 1.97. The second-order valence-electron chi connectivity index (χ2n) is 4.38. The molecule has 0 saturated heterocycles. The van der Waals surface area contributed by atoms with Crippen molar-refractivity contribution in [3.8, 4) is 5.75 Å². The quantitative estimate of drug-likeness (QED) is 0.508. The summed E-state index contributed by atoms with van der Waals surface area (Å²) < 4.78 is 15.2. The summed E-state index contributed by atoms with van der Waals surface area (Å²) in [6.07, 6.45) is 1.43. The minimum Gasteiger partial charge on any atom is -0.494 e. The standard InChI is InChI=1S/C15H17N3O4/c1-4-22-14(17)9-7-18-13-10(20-2)6-5-8(15(19)21-3)11(13)12(9)16/h5-7,17H,4H2,1-3H3,(H2,16,18). The van der Waals surface area contributed by atoms with Gasteiger partial charge < -0.3 is 19.9 Å². The molecule has 0 aliphatic carbocycles. The molecule has 0 aliphatic rings. The molecule has 0 unspecified atom stereocenters. The number of anilines is 1. The van der Waals surface area contributed by atoms with Crippen LogP contribution in [0.25, 0.3) is 10.9 Å². The summed E-state index contributed by atoms with van der Waals surface area (Å²) in [4.78, 5) is 16.2. The van der Waals surface area contributed by atoms with Crippen LogP contribution < -0.4 is 10.5 Å². The Morgan fingerprint density at radius 3 is 2.64 bits per heavy atom. The monoisotopic (exact) mass is 303 g/mol. The van der Waals surface area contributed by atoms with E-state index in [1.807, 2.05) is 0 Å². The molecule has 0 bridgehead atoms. The van der Waals surface area contributed by atoms with Crippen LogP contribution in [0.2, 0.25) is 0 Å². The number of nitrogen functional groups attached to an aromatic ring is 1. The van der Waals surface area contributed by atoms with Crippen LogP contribution in [0.3, 0.4) is 0 Å².